The molecule has 1 saturated heterocycles. The van der Waals surface area contributed by atoms with Crippen LogP contribution < -0.4 is 10.6 Å². The highest BCUT2D eigenvalue weighted by molar-refractivity contribution is 5.76. The molecular weight excluding hydrogens is 226 g/mol. The van der Waals surface area contributed by atoms with Gasteiger partial charge in [0.15, 0.2) is 0 Å². The lowest BCUT2D eigenvalue weighted by molar-refractivity contribution is -0.121. The molecule has 4 heteroatoms. The Morgan fingerprint density at radius 2 is 2.06 bits per heavy atom. The second-order valence-corrected chi connectivity index (χ2v) is 5.77. The summed E-state index contributed by atoms with van der Waals surface area (Å²) in [6.07, 6.45) is 8.38. The van der Waals surface area contributed by atoms with E-state index in [0.717, 1.165) is 38.5 Å². The largest absolute Gasteiger partial charge is 0.356 e. The molecule has 104 valence electrons. The second-order valence-electron chi connectivity index (χ2n) is 5.77. The Morgan fingerprint density at radius 1 is 1.28 bits per heavy atom. The van der Waals surface area contributed by atoms with E-state index >= 15 is 0 Å². The molecule has 0 aromatic heterocycles. The Morgan fingerprint density at radius 3 is 2.83 bits per heavy atom. The second kappa shape index (κ2) is 7.10. The van der Waals surface area contributed by atoms with Crippen molar-refractivity contribution in [3.63, 3.8) is 0 Å². The van der Waals surface area contributed by atoms with E-state index in [2.05, 4.69) is 22.6 Å². The lowest BCUT2D eigenvalue weighted by Crippen LogP contribution is -2.40. The number of rotatable bonds is 5. The quantitative estimate of drug-likeness (QED) is 0.772. The van der Waals surface area contributed by atoms with Crippen LogP contribution in [0.5, 0.6) is 0 Å². The minimum atomic E-state index is 0.203. The summed E-state index contributed by atoms with van der Waals surface area (Å²) in [6, 6.07) is 1.17. The Labute approximate surface area is 110 Å². The molecule has 0 radical (unpaired) electrons. The van der Waals surface area contributed by atoms with Crippen LogP contribution in [0.25, 0.3) is 0 Å². The Kier molecular flexibility index (Phi) is 5.45. The first kappa shape index (κ1) is 13.8. The van der Waals surface area contributed by atoms with Gasteiger partial charge in [-0.05, 0) is 32.7 Å². The molecule has 0 bridgehead atoms. The number of carbonyl (C=O) groups is 1. The number of hydrogen-bond donors (Lipinski definition) is 2. The van der Waals surface area contributed by atoms with Crippen molar-refractivity contribution in [2.45, 2.75) is 57.0 Å². The van der Waals surface area contributed by atoms with Crippen LogP contribution in [0.2, 0.25) is 0 Å². The molecule has 2 rings (SSSR count). The van der Waals surface area contributed by atoms with Gasteiger partial charge in [-0.3, -0.25) is 4.79 Å². The summed E-state index contributed by atoms with van der Waals surface area (Å²) in [5.41, 5.74) is 0. The first-order valence-corrected chi connectivity index (χ1v) is 7.46. The third-order valence-electron chi connectivity index (χ3n) is 4.33. The van der Waals surface area contributed by atoms with Crippen LogP contribution in [0.1, 0.15) is 44.9 Å². The molecule has 2 fully saturated rings. The molecule has 1 amide bonds. The average Bonchev–Trinajstić information content (AvgIpc) is 2.80. The molecule has 2 N–H and O–H groups in total. The van der Waals surface area contributed by atoms with E-state index in [-0.39, 0.29) is 5.91 Å². The minimum Gasteiger partial charge on any atom is -0.356 e. The van der Waals surface area contributed by atoms with Crippen LogP contribution in [0.15, 0.2) is 0 Å². The van der Waals surface area contributed by atoms with Gasteiger partial charge in [0.25, 0.3) is 0 Å². The van der Waals surface area contributed by atoms with Crippen LogP contribution in [0, 0.1) is 0 Å². The molecule has 1 unspecified atom stereocenters. The molecule has 0 aromatic carbocycles. The number of hydrogen-bond acceptors (Lipinski definition) is 3. The predicted octanol–water partition coefficient (Wildman–Crippen LogP) is 1.12. The summed E-state index contributed by atoms with van der Waals surface area (Å²) in [7, 11) is 2.23. The minimum absolute atomic E-state index is 0.203. The van der Waals surface area contributed by atoms with E-state index in [1.807, 2.05) is 0 Å². The molecule has 2 aliphatic rings. The summed E-state index contributed by atoms with van der Waals surface area (Å²) in [6.45, 7) is 2.95. The van der Waals surface area contributed by atoms with Gasteiger partial charge in [-0.1, -0.05) is 12.8 Å². The molecule has 1 saturated carbocycles. The van der Waals surface area contributed by atoms with E-state index in [4.69, 9.17) is 0 Å². The van der Waals surface area contributed by atoms with Crippen LogP contribution >= 0.6 is 0 Å². The van der Waals surface area contributed by atoms with Gasteiger partial charge in [-0.25, -0.2) is 0 Å². The van der Waals surface area contributed by atoms with Gasteiger partial charge < -0.3 is 15.5 Å². The van der Waals surface area contributed by atoms with Crippen molar-refractivity contribution >= 4 is 5.91 Å². The fraction of sp³-hybridized carbons (Fsp3) is 0.929. The van der Waals surface area contributed by atoms with Gasteiger partial charge in [0, 0.05) is 38.1 Å². The van der Waals surface area contributed by atoms with Crippen molar-refractivity contribution < 1.29 is 4.79 Å². The fourth-order valence-electron chi connectivity index (χ4n) is 3.12. The van der Waals surface area contributed by atoms with Crippen molar-refractivity contribution in [2.24, 2.45) is 0 Å². The third-order valence-corrected chi connectivity index (χ3v) is 4.33. The smallest absolute Gasteiger partial charge is 0.221 e. The van der Waals surface area contributed by atoms with Crippen molar-refractivity contribution in [2.75, 3.05) is 26.7 Å². The van der Waals surface area contributed by atoms with Crippen LogP contribution in [-0.4, -0.2) is 49.6 Å². The third kappa shape index (κ3) is 4.25. The molecule has 1 aliphatic heterocycles. The Hall–Kier alpha value is -0.610. The summed E-state index contributed by atoms with van der Waals surface area (Å²) in [5.74, 6) is 0.203. The fourth-order valence-corrected chi connectivity index (χ4v) is 3.12. The zero-order chi connectivity index (χ0) is 12.8. The molecule has 0 spiro atoms. The van der Waals surface area contributed by atoms with Gasteiger partial charge in [0.1, 0.15) is 0 Å². The van der Waals surface area contributed by atoms with E-state index in [1.54, 1.807) is 0 Å². The Bertz CT molecular complexity index is 264. The average molecular weight is 253 g/mol. The van der Waals surface area contributed by atoms with Gasteiger partial charge in [0.05, 0.1) is 0 Å². The summed E-state index contributed by atoms with van der Waals surface area (Å²) in [4.78, 5) is 13.9. The molecule has 4 nitrogen and oxygen atoms in total. The monoisotopic (exact) mass is 253 g/mol. The van der Waals surface area contributed by atoms with Crippen LogP contribution in [0.3, 0.4) is 0 Å². The van der Waals surface area contributed by atoms with Crippen molar-refractivity contribution in [3.05, 3.63) is 0 Å². The zero-order valence-corrected chi connectivity index (χ0v) is 11.6. The molecule has 1 heterocycles. The maximum atomic E-state index is 11.4. The van der Waals surface area contributed by atoms with Gasteiger partial charge >= 0.3 is 0 Å². The number of amides is 1. The number of nitrogens with zero attached hydrogens (tertiary/aromatic N) is 1. The van der Waals surface area contributed by atoms with E-state index in [1.165, 1.54) is 25.7 Å². The van der Waals surface area contributed by atoms with Crippen molar-refractivity contribution in [1.29, 1.82) is 0 Å². The lowest BCUT2D eigenvalue weighted by Gasteiger charge is -2.25. The molecule has 0 aromatic rings. The van der Waals surface area contributed by atoms with Gasteiger partial charge in [-0.2, -0.15) is 0 Å². The van der Waals surface area contributed by atoms with E-state index in [0.29, 0.717) is 12.5 Å². The molecule has 1 aliphatic carbocycles. The van der Waals surface area contributed by atoms with Gasteiger partial charge in [0.2, 0.25) is 5.91 Å². The lowest BCUT2D eigenvalue weighted by atomic mass is 10.1. The maximum absolute atomic E-state index is 11.4. The maximum Gasteiger partial charge on any atom is 0.221 e. The SMILES string of the molecule is CN(CCNC1CCCNC(=O)C1)C1CCCC1. The van der Waals surface area contributed by atoms with Crippen molar-refractivity contribution in [1.82, 2.24) is 15.5 Å². The standard InChI is InChI=1S/C14H27N3O/c1-17(13-6-2-3-7-13)10-9-15-12-5-4-8-16-14(18)11-12/h12-13,15H,2-11H2,1H3,(H,16,18). The highest BCUT2D eigenvalue weighted by atomic mass is 16.1. The molecule has 18 heavy (non-hydrogen) atoms. The van der Waals surface area contributed by atoms with Gasteiger partial charge in [-0.15, -0.1) is 0 Å². The first-order valence-electron chi connectivity index (χ1n) is 7.46. The Balaban J connectivity index is 1.63. The number of likely N-dealkylation sites (N-methyl/N-ethyl adjacent to an activating group) is 1. The highest BCUT2D eigenvalue weighted by Crippen LogP contribution is 2.21. The number of nitrogens with one attached hydrogen (secondary N) is 2. The summed E-state index contributed by atoms with van der Waals surface area (Å²) in [5, 5.41) is 6.47. The van der Waals surface area contributed by atoms with Crippen molar-refractivity contribution in [3.8, 4) is 0 Å². The van der Waals surface area contributed by atoms with Crippen LogP contribution in [0.4, 0.5) is 0 Å². The molecule has 1 atom stereocenters. The summed E-state index contributed by atoms with van der Waals surface area (Å²) >= 11 is 0. The summed E-state index contributed by atoms with van der Waals surface area (Å²) < 4.78 is 0. The highest BCUT2D eigenvalue weighted by Gasteiger charge is 2.20. The topological polar surface area (TPSA) is 44.4 Å². The normalized spacial score (nSPS) is 26.3. The molecular formula is C14H27N3O. The zero-order valence-electron chi connectivity index (χ0n) is 11.6. The number of carbonyl (C=O) groups excluding carboxylic acids is 1. The predicted molar refractivity (Wildman–Crippen MR) is 73.5 cm³/mol. The van der Waals surface area contributed by atoms with E-state index in [9.17, 15) is 4.79 Å². The van der Waals surface area contributed by atoms with Crippen LogP contribution in [-0.2, 0) is 4.79 Å². The van der Waals surface area contributed by atoms with E-state index < -0.39 is 0 Å². The first-order chi connectivity index (χ1) is 8.75.